The van der Waals surface area contributed by atoms with E-state index in [9.17, 15) is 9.59 Å². The SMILES string of the molecule is CN1CCCc2cc(NC(=O)c3cc(NC(=O)C4C(c5cc(Cl)cc(Cl)c5)C4(Cl)Cl)ccc3Cl)ccc21. The van der Waals surface area contributed by atoms with E-state index in [1.54, 1.807) is 30.3 Å². The molecule has 2 unspecified atom stereocenters. The smallest absolute Gasteiger partial charge is 0.257 e. The number of rotatable bonds is 5. The molecule has 0 aromatic heterocycles. The number of aryl methyl sites for hydroxylation is 1. The van der Waals surface area contributed by atoms with E-state index in [-0.39, 0.29) is 16.5 Å². The van der Waals surface area contributed by atoms with Gasteiger partial charge in [-0.05, 0) is 78.6 Å². The van der Waals surface area contributed by atoms with Gasteiger partial charge in [-0.25, -0.2) is 0 Å². The summed E-state index contributed by atoms with van der Waals surface area (Å²) in [6.45, 7) is 1.01. The Morgan fingerprint density at radius 2 is 1.59 bits per heavy atom. The van der Waals surface area contributed by atoms with Gasteiger partial charge in [0.25, 0.3) is 5.91 Å². The molecule has 1 saturated carbocycles. The molecule has 3 aromatic rings. The van der Waals surface area contributed by atoms with Crippen LogP contribution in [0.25, 0.3) is 0 Å². The van der Waals surface area contributed by atoms with E-state index in [0.717, 1.165) is 19.4 Å². The zero-order valence-corrected chi connectivity index (χ0v) is 23.4. The third kappa shape index (κ3) is 5.39. The van der Waals surface area contributed by atoms with Gasteiger partial charge in [0.15, 0.2) is 0 Å². The molecule has 37 heavy (non-hydrogen) atoms. The maximum absolute atomic E-state index is 13.1. The second-order valence-electron chi connectivity index (χ2n) is 9.34. The molecule has 2 N–H and O–H groups in total. The topological polar surface area (TPSA) is 61.4 Å². The van der Waals surface area contributed by atoms with Crippen molar-refractivity contribution in [2.45, 2.75) is 23.1 Å². The van der Waals surface area contributed by atoms with E-state index in [1.165, 1.54) is 17.3 Å². The van der Waals surface area contributed by atoms with Gasteiger partial charge in [0.05, 0.1) is 16.5 Å². The largest absolute Gasteiger partial charge is 0.374 e. The van der Waals surface area contributed by atoms with Crippen LogP contribution in [0.2, 0.25) is 15.1 Å². The van der Waals surface area contributed by atoms with E-state index in [0.29, 0.717) is 27.0 Å². The maximum Gasteiger partial charge on any atom is 0.257 e. The first kappa shape index (κ1) is 26.5. The number of hydrogen-bond donors (Lipinski definition) is 2. The summed E-state index contributed by atoms with van der Waals surface area (Å²) in [5.41, 5.74) is 4.33. The molecule has 0 radical (unpaired) electrons. The second-order valence-corrected chi connectivity index (χ2v) is 12.1. The fourth-order valence-corrected chi connectivity index (χ4v) is 6.46. The van der Waals surface area contributed by atoms with Gasteiger partial charge in [-0.3, -0.25) is 9.59 Å². The molecule has 1 heterocycles. The molecule has 2 atom stereocenters. The van der Waals surface area contributed by atoms with Crippen LogP contribution in [0, 0.1) is 5.92 Å². The number of fused-ring (bicyclic) bond motifs is 1. The number of nitrogens with one attached hydrogen (secondary N) is 2. The molecular weight excluding hydrogens is 576 g/mol. The summed E-state index contributed by atoms with van der Waals surface area (Å²) in [4.78, 5) is 28.4. The van der Waals surface area contributed by atoms with Crippen molar-refractivity contribution in [3.05, 3.63) is 86.4 Å². The van der Waals surface area contributed by atoms with Crippen molar-refractivity contribution < 1.29 is 9.59 Å². The molecule has 5 nitrogen and oxygen atoms in total. The summed E-state index contributed by atoms with van der Waals surface area (Å²) < 4.78 is -1.31. The summed E-state index contributed by atoms with van der Waals surface area (Å²) in [6, 6.07) is 15.5. The summed E-state index contributed by atoms with van der Waals surface area (Å²) >= 11 is 31.5. The number of carbonyl (C=O) groups is 2. The van der Waals surface area contributed by atoms with E-state index in [1.807, 2.05) is 18.2 Å². The Morgan fingerprint density at radius 1 is 0.919 bits per heavy atom. The Balaban J connectivity index is 1.31. The van der Waals surface area contributed by atoms with Gasteiger partial charge in [-0.2, -0.15) is 0 Å². The predicted octanol–water partition coefficient (Wildman–Crippen LogP) is 7.81. The van der Waals surface area contributed by atoms with Crippen molar-refractivity contribution in [2.75, 3.05) is 29.1 Å². The van der Waals surface area contributed by atoms with Gasteiger partial charge in [0, 0.05) is 46.6 Å². The average Bonchev–Trinajstić information content (AvgIpc) is 3.41. The monoisotopic (exact) mass is 595 g/mol. The van der Waals surface area contributed by atoms with Crippen LogP contribution in [-0.4, -0.2) is 29.7 Å². The zero-order chi connectivity index (χ0) is 26.5. The van der Waals surface area contributed by atoms with Gasteiger partial charge >= 0.3 is 0 Å². The van der Waals surface area contributed by atoms with Crippen LogP contribution in [-0.2, 0) is 11.2 Å². The lowest BCUT2D eigenvalue weighted by atomic mass is 10.0. The van der Waals surface area contributed by atoms with Gasteiger partial charge in [0.2, 0.25) is 5.91 Å². The molecule has 10 heteroatoms. The van der Waals surface area contributed by atoms with Crippen LogP contribution in [0.1, 0.15) is 33.8 Å². The number of benzene rings is 3. The van der Waals surface area contributed by atoms with Gasteiger partial charge in [-0.1, -0.05) is 34.8 Å². The van der Waals surface area contributed by atoms with Crippen molar-refractivity contribution in [1.29, 1.82) is 0 Å². The molecule has 1 aliphatic heterocycles. The Morgan fingerprint density at radius 3 is 2.32 bits per heavy atom. The van der Waals surface area contributed by atoms with E-state index in [2.05, 4.69) is 22.6 Å². The number of amides is 2. The molecule has 1 aliphatic carbocycles. The van der Waals surface area contributed by atoms with Crippen molar-refractivity contribution in [1.82, 2.24) is 0 Å². The van der Waals surface area contributed by atoms with Crippen LogP contribution in [0.5, 0.6) is 0 Å². The Hall–Kier alpha value is -2.15. The van der Waals surface area contributed by atoms with E-state index >= 15 is 0 Å². The highest BCUT2D eigenvalue weighted by Crippen LogP contribution is 2.65. The van der Waals surface area contributed by atoms with Crippen LogP contribution in [0.3, 0.4) is 0 Å². The average molecular weight is 598 g/mol. The summed E-state index contributed by atoms with van der Waals surface area (Å²) in [6.07, 6.45) is 2.02. The molecule has 3 aromatic carbocycles. The molecule has 5 rings (SSSR count). The summed E-state index contributed by atoms with van der Waals surface area (Å²) in [5, 5.41) is 6.83. The first-order chi connectivity index (χ1) is 17.5. The lowest BCUT2D eigenvalue weighted by molar-refractivity contribution is -0.117. The highest BCUT2D eigenvalue weighted by atomic mass is 35.5. The molecule has 0 spiro atoms. The lowest BCUT2D eigenvalue weighted by Gasteiger charge is -2.27. The zero-order valence-electron chi connectivity index (χ0n) is 19.6. The second kappa shape index (κ2) is 10.2. The van der Waals surface area contributed by atoms with Crippen LogP contribution in [0.4, 0.5) is 17.1 Å². The van der Waals surface area contributed by atoms with Crippen LogP contribution in [0.15, 0.2) is 54.6 Å². The number of hydrogen-bond acceptors (Lipinski definition) is 3. The number of alkyl halides is 2. The first-order valence-electron chi connectivity index (χ1n) is 11.6. The lowest BCUT2D eigenvalue weighted by Crippen LogP contribution is -2.24. The van der Waals surface area contributed by atoms with Crippen molar-refractivity contribution in [3.63, 3.8) is 0 Å². The highest BCUT2D eigenvalue weighted by molar-refractivity contribution is 6.53. The third-order valence-corrected chi connectivity index (χ3v) is 8.45. The van der Waals surface area contributed by atoms with E-state index < -0.39 is 22.1 Å². The molecule has 1 fully saturated rings. The number of halogens is 5. The molecule has 0 bridgehead atoms. The minimum absolute atomic E-state index is 0.228. The van der Waals surface area contributed by atoms with Gasteiger partial charge in [0.1, 0.15) is 4.33 Å². The maximum atomic E-state index is 13.1. The third-order valence-electron chi connectivity index (χ3n) is 6.75. The molecule has 0 saturated heterocycles. The quantitative estimate of drug-likeness (QED) is 0.295. The molecule has 192 valence electrons. The van der Waals surface area contributed by atoms with Crippen molar-refractivity contribution >= 4 is 86.9 Å². The first-order valence-corrected chi connectivity index (χ1v) is 13.5. The fourth-order valence-electron chi connectivity index (χ4n) is 4.88. The standard InChI is InChI=1S/C27H22Cl5N3O2/c1-35-8-2-3-14-11-18(5-7-22(14)35)33-25(36)20-13-19(4-6-21(20)30)34-26(37)24-23(27(24,31)32)15-9-16(28)12-17(29)10-15/h4-7,9-13,23-24H,2-3,8H2,1H3,(H,33,36)(H,34,37). The fraction of sp³-hybridized carbons (Fsp3) is 0.259. The molecular formula is C27H22Cl5N3O2. The van der Waals surface area contributed by atoms with Crippen molar-refractivity contribution in [2.24, 2.45) is 5.92 Å². The molecule has 2 amide bonds. The van der Waals surface area contributed by atoms with Crippen LogP contribution >= 0.6 is 58.0 Å². The van der Waals surface area contributed by atoms with Gasteiger partial charge < -0.3 is 15.5 Å². The Kier molecular flexibility index (Phi) is 7.29. The van der Waals surface area contributed by atoms with Gasteiger partial charge in [-0.15, -0.1) is 23.2 Å². The Bertz CT molecular complexity index is 1390. The molecule has 2 aliphatic rings. The number of anilines is 3. The normalized spacial score (nSPS) is 19.7. The minimum atomic E-state index is -1.31. The summed E-state index contributed by atoms with van der Waals surface area (Å²) in [5.74, 6) is -1.98. The highest BCUT2D eigenvalue weighted by Gasteiger charge is 2.67. The predicted molar refractivity (Wildman–Crippen MR) is 153 cm³/mol. The van der Waals surface area contributed by atoms with E-state index in [4.69, 9.17) is 58.0 Å². The Labute approximate surface area is 240 Å². The van der Waals surface area contributed by atoms with Crippen molar-refractivity contribution in [3.8, 4) is 0 Å². The van der Waals surface area contributed by atoms with Crippen LogP contribution < -0.4 is 15.5 Å². The summed E-state index contributed by atoms with van der Waals surface area (Å²) in [7, 11) is 2.06. The number of nitrogens with zero attached hydrogens (tertiary/aromatic N) is 1. The minimum Gasteiger partial charge on any atom is -0.374 e. The number of carbonyl (C=O) groups excluding carboxylic acids is 2.